The second-order valence-electron chi connectivity index (χ2n) is 7.42. The van der Waals surface area contributed by atoms with Gasteiger partial charge in [0.05, 0.1) is 23.5 Å². The first kappa shape index (κ1) is 20.3. The monoisotopic (exact) mass is 392 g/mol. The van der Waals surface area contributed by atoms with Crippen molar-refractivity contribution in [3.63, 3.8) is 0 Å². The maximum atomic E-state index is 12.5. The molecule has 1 amide bonds. The summed E-state index contributed by atoms with van der Waals surface area (Å²) in [5, 5.41) is 0. The molecule has 150 valence electrons. The third-order valence-electron chi connectivity index (χ3n) is 4.69. The quantitative estimate of drug-likeness (QED) is 0.536. The van der Waals surface area contributed by atoms with Gasteiger partial charge in [-0.3, -0.25) is 4.90 Å². The molecule has 0 radical (unpaired) electrons. The molecule has 6 nitrogen and oxygen atoms in total. The fourth-order valence-electron chi connectivity index (χ4n) is 2.93. The van der Waals surface area contributed by atoms with E-state index in [0.29, 0.717) is 29.3 Å². The highest BCUT2D eigenvalue weighted by molar-refractivity contribution is 5.86. The Hall–Kier alpha value is -3.41. The summed E-state index contributed by atoms with van der Waals surface area (Å²) in [6.07, 6.45) is 1.35. The van der Waals surface area contributed by atoms with Crippen LogP contribution < -0.4 is 0 Å². The topological polar surface area (TPSA) is 68.7 Å². The van der Waals surface area contributed by atoms with Crippen LogP contribution in [0.2, 0.25) is 0 Å². The van der Waals surface area contributed by atoms with E-state index in [1.54, 1.807) is 30.0 Å². The number of carbonyl (C=O) groups excluding carboxylic acids is 2. The second-order valence-corrected chi connectivity index (χ2v) is 7.42. The number of rotatable bonds is 6. The fourth-order valence-corrected chi connectivity index (χ4v) is 2.93. The van der Waals surface area contributed by atoms with Gasteiger partial charge >= 0.3 is 12.1 Å². The lowest BCUT2D eigenvalue weighted by atomic mass is 9.99. The summed E-state index contributed by atoms with van der Waals surface area (Å²) in [6.45, 7) is 9.52. The van der Waals surface area contributed by atoms with E-state index in [0.717, 1.165) is 5.56 Å². The number of hydrogen-bond donors (Lipinski definition) is 0. The molecule has 1 aliphatic heterocycles. The van der Waals surface area contributed by atoms with Gasteiger partial charge in [-0.2, -0.15) is 0 Å². The number of amides is 1. The normalized spacial score (nSPS) is 16.6. The van der Waals surface area contributed by atoms with Crippen molar-refractivity contribution in [3.8, 4) is 0 Å². The number of benzene rings is 1. The van der Waals surface area contributed by atoms with Crippen molar-refractivity contribution in [2.24, 2.45) is 0 Å². The maximum Gasteiger partial charge on any atom is 0.416 e. The predicted molar refractivity (Wildman–Crippen MR) is 109 cm³/mol. The lowest BCUT2D eigenvalue weighted by molar-refractivity contribution is -0.140. The van der Waals surface area contributed by atoms with Crippen LogP contribution in [0.5, 0.6) is 0 Å². The van der Waals surface area contributed by atoms with Crippen LogP contribution in [0.25, 0.3) is 6.08 Å². The molecule has 29 heavy (non-hydrogen) atoms. The molecule has 0 spiro atoms. The van der Waals surface area contributed by atoms with E-state index in [2.05, 4.69) is 11.6 Å². The van der Waals surface area contributed by atoms with Crippen molar-refractivity contribution in [1.82, 2.24) is 9.88 Å². The minimum Gasteiger partial charge on any atom is -0.456 e. The molecule has 1 aromatic carbocycles. The number of esters is 1. The van der Waals surface area contributed by atoms with Crippen molar-refractivity contribution in [3.05, 3.63) is 83.4 Å². The van der Waals surface area contributed by atoms with Crippen LogP contribution >= 0.6 is 0 Å². The lowest BCUT2D eigenvalue weighted by Gasteiger charge is -2.28. The number of hydrogen-bond acceptors (Lipinski definition) is 5. The number of nitrogens with zero attached hydrogens (tertiary/aromatic N) is 2. The molecule has 0 bridgehead atoms. The van der Waals surface area contributed by atoms with E-state index in [9.17, 15) is 9.59 Å². The number of cyclic esters (lactones) is 1. The number of aromatic nitrogens is 1. The average Bonchev–Trinajstić information content (AvgIpc) is 2.90. The number of pyridine rings is 1. The Morgan fingerprint density at radius 2 is 1.93 bits per heavy atom. The zero-order chi connectivity index (χ0) is 21.0. The molecule has 3 rings (SSSR count). The van der Waals surface area contributed by atoms with Crippen molar-refractivity contribution in [1.29, 1.82) is 0 Å². The van der Waals surface area contributed by atoms with Gasteiger partial charge in [-0.25, -0.2) is 14.6 Å². The summed E-state index contributed by atoms with van der Waals surface area (Å²) in [7, 11) is 0. The third kappa shape index (κ3) is 4.71. The highest BCUT2D eigenvalue weighted by Crippen LogP contribution is 2.35. The molecule has 0 atom stereocenters. The summed E-state index contributed by atoms with van der Waals surface area (Å²) in [5.41, 5.74) is 1.94. The molecule has 2 heterocycles. The minimum atomic E-state index is -0.628. The van der Waals surface area contributed by atoms with Crippen LogP contribution in [0.15, 0.2) is 66.4 Å². The van der Waals surface area contributed by atoms with Crippen LogP contribution in [0, 0.1) is 0 Å². The second kappa shape index (κ2) is 8.31. The number of carbonyl (C=O) groups is 2. The van der Waals surface area contributed by atoms with E-state index in [1.165, 1.54) is 0 Å². The van der Waals surface area contributed by atoms with Gasteiger partial charge in [0, 0.05) is 11.6 Å². The first-order valence-electron chi connectivity index (χ1n) is 9.31. The molecular formula is C23H24N2O4. The maximum absolute atomic E-state index is 12.5. The SMILES string of the molecule is C=C(C)C(=O)OCc1cccc(/C=C2\OC(=O)N(Cc3ccccc3)C2(C)C)n1. The van der Waals surface area contributed by atoms with E-state index >= 15 is 0 Å². The van der Waals surface area contributed by atoms with Gasteiger partial charge in [0.1, 0.15) is 12.4 Å². The Morgan fingerprint density at radius 3 is 2.62 bits per heavy atom. The molecule has 1 aromatic heterocycles. The fraction of sp³-hybridized carbons (Fsp3) is 0.261. The third-order valence-corrected chi connectivity index (χ3v) is 4.69. The summed E-state index contributed by atoms with van der Waals surface area (Å²) in [6, 6.07) is 15.2. The van der Waals surface area contributed by atoms with Gasteiger partial charge in [-0.1, -0.05) is 43.0 Å². The Morgan fingerprint density at radius 1 is 1.21 bits per heavy atom. The zero-order valence-electron chi connectivity index (χ0n) is 16.8. The minimum absolute atomic E-state index is 0.0476. The van der Waals surface area contributed by atoms with Crippen molar-refractivity contribution in [2.45, 2.75) is 39.5 Å². The molecule has 2 aromatic rings. The molecule has 1 fully saturated rings. The van der Waals surface area contributed by atoms with Crippen molar-refractivity contribution >= 4 is 18.1 Å². The van der Waals surface area contributed by atoms with Crippen LogP contribution in [-0.2, 0) is 27.4 Å². The highest BCUT2D eigenvalue weighted by Gasteiger charge is 2.44. The predicted octanol–water partition coefficient (Wildman–Crippen LogP) is 4.47. The van der Waals surface area contributed by atoms with Crippen LogP contribution in [0.3, 0.4) is 0 Å². The molecule has 6 heteroatoms. The van der Waals surface area contributed by atoms with E-state index in [-0.39, 0.29) is 6.61 Å². The first-order valence-corrected chi connectivity index (χ1v) is 9.31. The standard InChI is InChI=1S/C23H24N2O4/c1-16(2)21(26)28-15-19-12-8-11-18(24-19)13-20-23(3,4)25(22(27)29-20)14-17-9-6-5-7-10-17/h5-13H,1,14-15H2,2-4H3/b20-13-. The molecule has 1 saturated heterocycles. The Balaban J connectivity index is 1.78. The van der Waals surface area contributed by atoms with Crippen LogP contribution in [0.4, 0.5) is 4.79 Å². The largest absolute Gasteiger partial charge is 0.456 e. The molecule has 0 saturated carbocycles. The van der Waals surface area contributed by atoms with Gasteiger partial charge in [0.15, 0.2) is 0 Å². The van der Waals surface area contributed by atoms with Crippen molar-refractivity contribution in [2.75, 3.05) is 0 Å². The Labute approximate surface area is 170 Å². The smallest absolute Gasteiger partial charge is 0.416 e. The van der Waals surface area contributed by atoms with E-state index in [4.69, 9.17) is 9.47 Å². The Kier molecular flexibility index (Phi) is 5.82. The van der Waals surface area contributed by atoms with Gasteiger partial charge in [-0.05, 0) is 38.5 Å². The molecule has 0 N–H and O–H groups in total. The summed E-state index contributed by atoms with van der Waals surface area (Å²) >= 11 is 0. The molecule has 1 aliphatic rings. The molecule has 0 unspecified atom stereocenters. The van der Waals surface area contributed by atoms with Gasteiger partial charge in [0.25, 0.3) is 0 Å². The van der Waals surface area contributed by atoms with Crippen molar-refractivity contribution < 1.29 is 19.1 Å². The van der Waals surface area contributed by atoms with Crippen LogP contribution in [-0.4, -0.2) is 27.5 Å². The van der Waals surface area contributed by atoms with Gasteiger partial charge in [0.2, 0.25) is 0 Å². The summed E-state index contributed by atoms with van der Waals surface area (Å²) in [5.74, 6) is 0.0555. The lowest BCUT2D eigenvalue weighted by Crippen LogP contribution is -2.40. The Bertz CT molecular complexity index is 964. The summed E-state index contributed by atoms with van der Waals surface area (Å²) < 4.78 is 10.7. The molecule has 0 aliphatic carbocycles. The zero-order valence-corrected chi connectivity index (χ0v) is 16.8. The molecular weight excluding hydrogens is 368 g/mol. The summed E-state index contributed by atoms with van der Waals surface area (Å²) in [4.78, 5) is 30.2. The van der Waals surface area contributed by atoms with Crippen LogP contribution in [0.1, 0.15) is 37.7 Å². The average molecular weight is 392 g/mol. The highest BCUT2D eigenvalue weighted by atomic mass is 16.6. The number of ether oxygens (including phenoxy) is 2. The van der Waals surface area contributed by atoms with Gasteiger partial charge in [-0.15, -0.1) is 0 Å². The van der Waals surface area contributed by atoms with E-state index < -0.39 is 17.6 Å². The van der Waals surface area contributed by atoms with E-state index in [1.807, 2.05) is 50.2 Å². The first-order chi connectivity index (χ1) is 13.8. The van der Waals surface area contributed by atoms with Gasteiger partial charge < -0.3 is 9.47 Å².